The topological polar surface area (TPSA) is 64.0 Å². The molecule has 9 heteroatoms. The van der Waals surface area contributed by atoms with Crippen molar-refractivity contribution in [3.63, 3.8) is 0 Å². The summed E-state index contributed by atoms with van der Waals surface area (Å²) in [6.45, 7) is 0. The van der Waals surface area contributed by atoms with Crippen molar-refractivity contribution < 1.29 is 18.0 Å². The van der Waals surface area contributed by atoms with Crippen LogP contribution < -0.4 is 10.9 Å². The van der Waals surface area contributed by atoms with Crippen LogP contribution >= 0.6 is 22.6 Å². The van der Waals surface area contributed by atoms with Gasteiger partial charge >= 0.3 is 6.18 Å². The van der Waals surface area contributed by atoms with Crippen LogP contribution in [-0.4, -0.2) is 15.7 Å². The van der Waals surface area contributed by atoms with E-state index in [2.05, 4.69) is 10.4 Å². The SMILES string of the molecule is O=C(Nc1cc(C(F)(F)F)ccc1I)c1ccc(=O)n(-c2ccccc2)n1. The van der Waals surface area contributed by atoms with Gasteiger partial charge in [-0.05, 0) is 59.0 Å². The van der Waals surface area contributed by atoms with E-state index in [4.69, 9.17) is 0 Å². The van der Waals surface area contributed by atoms with Crippen molar-refractivity contribution in [3.8, 4) is 5.69 Å². The van der Waals surface area contributed by atoms with E-state index in [1.165, 1.54) is 18.2 Å². The van der Waals surface area contributed by atoms with Crippen LogP contribution in [0, 0.1) is 3.57 Å². The van der Waals surface area contributed by atoms with Crippen LogP contribution in [-0.2, 0) is 6.18 Å². The van der Waals surface area contributed by atoms with Crippen LogP contribution in [0.5, 0.6) is 0 Å². The molecule has 0 unspecified atom stereocenters. The lowest BCUT2D eigenvalue weighted by Crippen LogP contribution is -2.25. The van der Waals surface area contributed by atoms with E-state index in [0.29, 0.717) is 9.26 Å². The zero-order valence-corrected chi connectivity index (χ0v) is 15.7. The van der Waals surface area contributed by atoms with Crippen molar-refractivity contribution in [3.05, 3.63) is 85.8 Å². The first-order chi connectivity index (χ1) is 12.8. The van der Waals surface area contributed by atoms with E-state index in [1.807, 2.05) is 22.6 Å². The molecule has 0 saturated carbocycles. The minimum absolute atomic E-state index is 0.00897. The number of carbonyl (C=O) groups is 1. The second-order valence-electron chi connectivity index (χ2n) is 5.45. The van der Waals surface area contributed by atoms with Crippen molar-refractivity contribution in [2.45, 2.75) is 6.18 Å². The monoisotopic (exact) mass is 485 g/mol. The lowest BCUT2D eigenvalue weighted by atomic mass is 10.2. The number of para-hydroxylation sites is 1. The zero-order valence-electron chi connectivity index (χ0n) is 13.5. The summed E-state index contributed by atoms with van der Waals surface area (Å²) in [6.07, 6.45) is -4.53. The van der Waals surface area contributed by atoms with E-state index in [1.54, 1.807) is 30.3 Å². The van der Waals surface area contributed by atoms with Gasteiger partial charge in [-0.25, -0.2) is 0 Å². The standard InChI is InChI=1S/C18H11F3IN3O2/c19-18(20,21)11-6-7-13(22)15(10-11)23-17(27)14-8-9-16(26)25(24-14)12-4-2-1-3-5-12/h1-10H,(H,23,27). The second-order valence-corrected chi connectivity index (χ2v) is 6.61. The Balaban J connectivity index is 1.93. The third-order valence-corrected chi connectivity index (χ3v) is 4.52. The number of hydrogen-bond acceptors (Lipinski definition) is 3. The molecule has 0 saturated heterocycles. The molecule has 2 aromatic carbocycles. The first-order valence-corrected chi connectivity index (χ1v) is 8.67. The van der Waals surface area contributed by atoms with Crippen LogP contribution in [0.15, 0.2) is 65.5 Å². The fourth-order valence-corrected chi connectivity index (χ4v) is 2.74. The fourth-order valence-electron chi connectivity index (χ4n) is 2.27. The van der Waals surface area contributed by atoms with Gasteiger partial charge in [0.25, 0.3) is 11.5 Å². The van der Waals surface area contributed by atoms with E-state index in [-0.39, 0.29) is 11.4 Å². The van der Waals surface area contributed by atoms with Crippen molar-refractivity contribution in [2.75, 3.05) is 5.32 Å². The molecule has 3 aromatic rings. The number of nitrogens with one attached hydrogen (secondary N) is 1. The van der Waals surface area contributed by atoms with Gasteiger partial charge in [-0.2, -0.15) is 23.0 Å². The highest BCUT2D eigenvalue weighted by atomic mass is 127. The van der Waals surface area contributed by atoms with E-state index in [0.717, 1.165) is 16.8 Å². The maximum Gasteiger partial charge on any atom is 0.416 e. The number of halogens is 4. The predicted molar refractivity (Wildman–Crippen MR) is 102 cm³/mol. The summed E-state index contributed by atoms with van der Waals surface area (Å²) in [7, 11) is 0. The Hall–Kier alpha value is -2.69. The minimum Gasteiger partial charge on any atom is -0.320 e. The van der Waals surface area contributed by atoms with E-state index < -0.39 is 23.2 Å². The Labute approximate surface area is 165 Å². The highest BCUT2D eigenvalue weighted by Crippen LogP contribution is 2.32. The molecule has 5 nitrogen and oxygen atoms in total. The Bertz CT molecular complexity index is 1050. The fraction of sp³-hybridized carbons (Fsp3) is 0.0556. The molecule has 3 rings (SSSR count). The van der Waals surface area contributed by atoms with Crippen LogP contribution in [0.1, 0.15) is 16.1 Å². The molecule has 0 spiro atoms. The minimum atomic E-state index is -4.53. The molecule has 1 N–H and O–H groups in total. The van der Waals surface area contributed by atoms with Crippen LogP contribution in [0.3, 0.4) is 0 Å². The third kappa shape index (κ3) is 4.35. The van der Waals surface area contributed by atoms with Crippen LogP contribution in [0.2, 0.25) is 0 Å². The number of benzene rings is 2. The lowest BCUT2D eigenvalue weighted by molar-refractivity contribution is -0.137. The maximum atomic E-state index is 12.9. The molecule has 138 valence electrons. The lowest BCUT2D eigenvalue weighted by Gasteiger charge is -2.12. The number of aromatic nitrogens is 2. The largest absolute Gasteiger partial charge is 0.416 e. The number of hydrogen-bond donors (Lipinski definition) is 1. The summed E-state index contributed by atoms with van der Waals surface area (Å²) in [6, 6.07) is 13.9. The molecule has 1 heterocycles. The molecule has 0 atom stereocenters. The quantitative estimate of drug-likeness (QED) is 0.569. The maximum absolute atomic E-state index is 12.9. The molecule has 0 bridgehead atoms. The number of anilines is 1. The molecule has 0 radical (unpaired) electrons. The first kappa shape index (κ1) is 19.1. The van der Waals surface area contributed by atoms with Gasteiger partial charge in [-0.1, -0.05) is 18.2 Å². The van der Waals surface area contributed by atoms with Gasteiger partial charge in [-0.15, -0.1) is 0 Å². The van der Waals surface area contributed by atoms with Crippen LogP contribution in [0.25, 0.3) is 5.69 Å². The highest BCUT2D eigenvalue weighted by molar-refractivity contribution is 14.1. The number of carbonyl (C=O) groups excluding carboxylic acids is 1. The molecule has 1 aromatic heterocycles. The van der Waals surface area contributed by atoms with Crippen molar-refractivity contribution in [1.82, 2.24) is 9.78 Å². The Morgan fingerprint density at radius 1 is 1.04 bits per heavy atom. The summed E-state index contributed by atoms with van der Waals surface area (Å²) in [5, 5.41) is 6.42. The smallest absolute Gasteiger partial charge is 0.320 e. The summed E-state index contributed by atoms with van der Waals surface area (Å²) in [5.41, 5.74) is -0.945. The number of alkyl halides is 3. The average Bonchev–Trinajstić information content (AvgIpc) is 2.63. The van der Waals surface area contributed by atoms with Crippen molar-refractivity contribution in [1.29, 1.82) is 0 Å². The van der Waals surface area contributed by atoms with Crippen molar-refractivity contribution >= 4 is 34.2 Å². The summed E-state index contributed by atoms with van der Waals surface area (Å²) in [5.74, 6) is -0.725. The molecule has 27 heavy (non-hydrogen) atoms. The van der Waals surface area contributed by atoms with E-state index >= 15 is 0 Å². The van der Waals surface area contributed by atoms with Crippen LogP contribution in [0.4, 0.5) is 18.9 Å². The Morgan fingerprint density at radius 2 is 1.74 bits per heavy atom. The number of nitrogens with zero attached hydrogens (tertiary/aromatic N) is 2. The van der Waals surface area contributed by atoms with Gasteiger partial charge < -0.3 is 5.32 Å². The van der Waals surface area contributed by atoms with Gasteiger partial charge in [0.05, 0.1) is 16.9 Å². The van der Waals surface area contributed by atoms with Gasteiger partial charge in [0.1, 0.15) is 5.69 Å². The zero-order chi connectivity index (χ0) is 19.6. The highest BCUT2D eigenvalue weighted by Gasteiger charge is 2.31. The first-order valence-electron chi connectivity index (χ1n) is 7.59. The summed E-state index contributed by atoms with van der Waals surface area (Å²) in [4.78, 5) is 24.5. The molecular formula is C18H11F3IN3O2. The summed E-state index contributed by atoms with van der Waals surface area (Å²) >= 11 is 1.82. The Morgan fingerprint density at radius 3 is 2.41 bits per heavy atom. The van der Waals surface area contributed by atoms with Gasteiger partial charge in [0, 0.05) is 9.64 Å². The number of amides is 1. The third-order valence-electron chi connectivity index (χ3n) is 3.58. The second kappa shape index (κ2) is 7.51. The van der Waals surface area contributed by atoms with Gasteiger partial charge in [-0.3, -0.25) is 9.59 Å². The molecular weight excluding hydrogens is 474 g/mol. The number of rotatable bonds is 3. The predicted octanol–water partition coefficient (Wildman–Crippen LogP) is 4.11. The molecule has 0 aliphatic rings. The molecule has 1 amide bonds. The summed E-state index contributed by atoms with van der Waals surface area (Å²) < 4.78 is 40.1. The normalized spacial score (nSPS) is 11.3. The van der Waals surface area contributed by atoms with Gasteiger partial charge in [0.15, 0.2) is 0 Å². The average molecular weight is 485 g/mol. The van der Waals surface area contributed by atoms with E-state index in [9.17, 15) is 22.8 Å². The van der Waals surface area contributed by atoms with Gasteiger partial charge in [0.2, 0.25) is 0 Å². The van der Waals surface area contributed by atoms with Crippen molar-refractivity contribution in [2.24, 2.45) is 0 Å². The molecule has 0 fully saturated rings. The Kier molecular flexibility index (Phi) is 5.31. The molecule has 0 aliphatic heterocycles. The molecule has 0 aliphatic carbocycles.